The summed E-state index contributed by atoms with van der Waals surface area (Å²) in [6, 6.07) is 4.89. The molecule has 3 rings (SSSR count). The Bertz CT molecular complexity index is 734. The Morgan fingerprint density at radius 3 is 2.79 bits per heavy atom. The van der Waals surface area contributed by atoms with Gasteiger partial charge < -0.3 is 0 Å². The first-order valence-corrected chi connectivity index (χ1v) is 5.25. The molecule has 19 heavy (non-hydrogen) atoms. The molecule has 0 amide bonds. The average molecular weight is 265 g/mol. The number of hydrogen-bond acceptors (Lipinski definition) is 4. The molecule has 96 valence electrons. The van der Waals surface area contributed by atoms with Crippen LogP contribution in [0.25, 0.3) is 17.0 Å². The lowest BCUT2D eigenvalue weighted by molar-refractivity contribution is -0.137. The summed E-state index contributed by atoms with van der Waals surface area (Å²) in [5.41, 5.74) is -0.0902. The first-order chi connectivity index (χ1) is 9.04. The predicted octanol–water partition coefficient (Wildman–Crippen LogP) is 2.21. The van der Waals surface area contributed by atoms with Crippen LogP contribution in [0, 0.1) is 0 Å². The predicted molar refractivity (Wildman–Crippen MR) is 59.0 cm³/mol. The van der Waals surface area contributed by atoms with Gasteiger partial charge in [0.25, 0.3) is 5.78 Å². The molecule has 0 saturated heterocycles. The molecule has 0 atom stereocenters. The molecule has 0 aliphatic heterocycles. The van der Waals surface area contributed by atoms with E-state index in [9.17, 15) is 13.2 Å². The van der Waals surface area contributed by atoms with Gasteiger partial charge in [0.1, 0.15) is 6.33 Å². The molecule has 0 radical (unpaired) electrons. The number of rotatable bonds is 1. The highest BCUT2D eigenvalue weighted by Crippen LogP contribution is 2.31. The molecule has 0 saturated carbocycles. The third-order valence-corrected chi connectivity index (χ3v) is 2.52. The van der Waals surface area contributed by atoms with Crippen LogP contribution in [-0.2, 0) is 6.18 Å². The minimum absolute atomic E-state index is 0.231. The van der Waals surface area contributed by atoms with Crippen molar-refractivity contribution in [3.8, 4) is 11.3 Å². The Labute approximate surface area is 104 Å². The van der Waals surface area contributed by atoms with Crippen LogP contribution in [0.1, 0.15) is 5.56 Å². The molecule has 1 aromatic carbocycles. The summed E-state index contributed by atoms with van der Waals surface area (Å²) in [6.07, 6.45) is -1.66. The number of benzene rings is 1. The quantitative estimate of drug-likeness (QED) is 0.677. The van der Waals surface area contributed by atoms with Gasteiger partial charge in [0.2, 0.25) is 0 Å². The van der Waals surface area contributed by atoms with Crippen LogP contribution in [0.2, 0.25) is 0 Å². The van der Waals surface area contributed by atoms with Gasteiger partial charge in [-0.2, -0.15) is 22.8 Å². The first-order valence-electron chi connectivity index (χ1n) is 5.25. The van der Waals surface area contributed by atoms with Crippen LogP contribution in [0.3, 0.4) is 0 Å². The topological polar surface area (TPSA) is 56.0 Å². The van der Waals surface area contributed by atoms with E-state index in [1.54, 1.807) is 0 Å². The highest BCUT2D eigenvalue weighted by atomic mass is 19.4. The van der Waals surface area contributed by atoms with Gasteiger partial charge in [-0.3, -0.25) is 0 Å². The summed E-state index contributed by atoms with van der Waals surface area (Å²) in [4.78, 5) is 4.09. The summed E-state index contributed by atoms with van der Waals surface area (Å²) in [6.45, 7) is 0. The van der Waals surface area contributed by atoms with Crippen LogP contribution >= 0.6 is 0 Å². The zero-order valence-electron chi connectivity index (χ0n) is 9.33. The molecule has 5 nitrogen and oxygen atoms in total. The lowest BCUT2D eigenvalue weighted by Crippen LogP contribution is -2.05. The van der Waals surface area contributed by atoms with E-state index in [-0.39, 0.29) is 5.78 Å². The summed E-state index contributed by atoms with van der Waals surface area (Å²) in [7, 11) is 0. The van der Waals surface area contributed by atoms with Crippen molar-refractivity contribution in [1.82, 2.24) is 24.8 Å². The van der Waals surface area contributed by atoms with Crippen molar-refractivity contribution in [2.24, 2.45) is 0 Å². The van der Waals surface area contributed by atoms with Crippen molar-refractivity contribution >= 4 is 5.78 Å². The zero-order valence-corrected chi connectivity index (χ0v) is 9.33. The second-order valence-corrected chi connectivity index (χ2v) is 3.80. The number of nitrogens with zero attached hydrogens (tertiary/aromatic N) is 5. The molecule has 0 spiro atoms. The van der Waals surface area contributed by atoms with E-state index in [1.165, 1.54) is 29.2 Å². The van der Waals surface area contributed by atoms with Gasteiger partial charge in [-0.05, 0) is 12.1 Å². The van der Waals surface area contributed by atoms with Crippen molar-refractivity contribution < 1.29 is 13.2 Å². The Hall–Kier alpha value is -2.51. The van der Waals surface area contributed by atoms with E-state index in [1.807, 2.05) is 0 Å². The third-order valence-electron chi connectivity index (χ3n) is 2.52. The normalized spacial score (nSPS) is 11.9. The number of fused-ring (bicyclic) bond motifs is 1. The smallest absolute Gasteiger partial charge is 0.208 e. The number of hydrogen-bond donors (Lipinski definition) is 0. The third kappa shape index (κ3) is 2.12. The van der Waals surface area contributed by atoms with E-state index in [2.05, 4.69) is 20.3 Å². The molecule has 2 aromatic heterocycles. The Balaban J connectivity index is 2.10. The Kier molecular flexibility index (Phi) is 2.44. The molecule has 3 aromatic rings. The van der Waals surface area contributed by atoms with Crippen molar-refractivity contribution in [2.45, 2.75) is 6.18 Å². The maximum absolute atomic E-state index is 12.6. The lowest BCUT2D eigenvalue weighted by Gasteiger charge is -2.08. The summed E-state index contributed by atoms with van der Waals surface area (Å²) in [5, 5.41) is 11.3. The standard InChI is InChI=1S/C11H6F3N5/c12-11(13,14)8-3-1-2-7(4-8)9-5-16-19-6-15-18-10(19)17-9/h1-6H. The summed E-state index contributed by atoms with van der Waals surface area (Å²) >= 11 is 0. The van der Waals surface area contributed by atoms with Crippen molar-refractivity contribution in [2.75, 3.05) is 0 Å². The molecular weight excluding hydrogens is 259 g/mol. The summed E-state index contributed by atoms with van der Waals surface area (Å²) < 4.78 is 39.2. The monoisotopic (exact) mass is 265 g/mol. The minimum Gasteiger partial charge on any atom is -0.208 e. The number of alkyl halides is 3. The lowest BCUT2D eigenvalue weighted by atomic mass is 10.1. The van der Waals surface area contributed by atoms with Crippen LogP contribution in [0.5, 0.6) is 0 Å². The molecule has 0 aliphatic carbocycles. The average Bonchev–Trinajstić information content (AvgIpc) is 2.85. The van der Waals surface area contributed by atoms with Gasteiger partial charge in [0.15, 0.2) is 0 Å². The Morgan fingerprint density at radius 1 is 1.16 bits per heavy atom. The van der Waals surface area contributed by atoms with Gasteiger partial charge >= 0.3 is 6.18 Å². The van der Waals surface area contributed by atoms with Crippen LogP contribution < -0.4 is 0 Å². The van der Waals surface area contributed by atoms with E-state index in [0.717, 1.165) is 12.1 Å². The van der Waals surface area contributed by atoms with Crippen molar-refractivity contribution in [3.63, 3.8) is 0 Å². The fraction of sp³-hybridized carbons (Fsp3) is 0.0909. The van der Waals surface area contributed by atoms with Crippen LogP contribution in [0.4, 0.5) is 13.2 Å². The fourth-order valence-electron chi connectivity index (χ4n) is 1.63. The fourth-order valence-corrected chi connectivity index (χ4v) is 1.63. The molecule has 2 heterocycles. The Morgan fingerprint density at radius 2 is 2.00 bits per heavy atom. The zero-order chi connectivity index (χ0) is 13.5. The molecule has 8 heteroatoms. The van der Waals surface area contributed by atoms with Gasteiger partial charge in [0, 0.05) is 5.56 Å². The largest absolute Gasteiger partial charge is 0.416 e. The highest BCUT2D eigenvalue weighted by Gasteiger charge is 2.30. The highest BCUT2D eigenvalue weighted by molar-refractivity contribution is 5.60. The maximum atomic E-state index is 12.6. The molecule has 0 bridgehead atoms. The molecular formula is C11H6F3N5. The van der Waals surface area contributed by atoms with Gasteiger partial charge in [-0.25, -0.2) is 4.98 Å². The van der Waals surface area contributed by atoms with Crippen molar-refractivity contribution in [1.29, 1.82) is 0 Å². The number of aromatic nitrogens is 5. The van der Waals surface area contributed by atoms with E-state index in [0.29, 0.717) is 11.3 Å². The van der Waals surface area contributed by atoms with E-state index in [4.69, 9.17) is 0 Å². The van der Waals surface area contributed by atoms with Crippen LogP contribution in [0.15, 0.2) is 36.8 Å². The number of halogens is 3. The molecule has 0 N–H and O–H groups in total. The SMILES string of the molecule is FC(F)(F)c1cccc(-c2cnn3cnnc3n2)c1. The van der Waals surface area contributed by atoms with E-state index >= 15 is 0 Å². The van der Waals surface area contributed by atoms with Gasteiger partial charge in [-0.1, -0.05) is 12.1 Å². The van der Waals surface area contributed by atoms with Crippen molar-refractivity contribution in [3.05, 3.63) is 42.4 Å². The van der Waals surface area contributed by atoms with Crippen LogP contribution in [-0.4, -0.2) is 24.8 Å². The minimum atomic E-state index is -4.39. The molecule has 0 fully saturated rings. The first kappa shape index (κ1) is 11.6. The van der Waals surface area contributed by atoms with Gasteiger partial charge in [0.05, 0.1) is 17.5 Å². The second-order valence-electron chi connectivity index (χ2n) is 3.80. The maximum Gasteiger partial charge on any atom is 0.416 e. The second kappa shape index (κ2) is 4.01. The molecule has 0 unspecified atom stereocenters. The summed E-state index contributed by atoms with van der Waals surface area (Å²) in [5.74, 6) is 0.231. The van der Waals surface area contributed by atoms with Gasteiger partial charge in [-0.15, -0.1) is 10.2 Å². The molecule has 0 aliphatic rings. The van der Waals surface area contributed by atoms with E-state index < -0.39 is 11.7 Å².